The van der Waals surface area contributed by atoms with Crippen molar-refractivity contribution < 1.29 is 9.53 Å². The van der Waals surface area contributed by atoms with E-state index in [0.29, 0.717) is 11.3 Å². The van der Waals surface area contributed by atoms with E-state index in [4.69, 9.17) is 10.00 Å². The Hall–Kier alpha value is -1.73. The number of hydrogen-bond acceptors (Lipinski definition) is 4. The number of Topliss-reactive ketones (excluding diaryl/α,β-unsaturated/α-hetero) is 1. The fourth-order valence-electron chi connectivity index (χ4n) is 3.13. The van der Waals surface area contributed by atoms with Crippen LogP contribution in [0.15, 0.2) is 12.3 Å². The molecule has 2 aliphatic rings. The summed E-state index contributed by atoms with van der Waals surface area (Å²) in [5.74, 6) is 0.209. The Bertz CT molecular complexity index is 550. The normalized spacial score (nSPS) is 28.9. The zero-order chi connectivity index (χ0) is 13.4. The van der Waals surface area contributed by atoms with E-state index in [1.165, 1.54) is 6.20 Å². The summed E-state index contributed by atoms with van der Waals surface area (Å²) >= 11 is 0. The molecule has 0 amide bonds. The van der Waals surface area contributed by atoms with Gasteiger partial charge in [0.2, 0.25) is 0 Å². The Kier molecular flexibility index (Phi) is 3.08. The van der Waals surface area contributed by atoms with Gasteiger partial charge in [0, 0.05) is 17.7 Å². The van der Waals surface area contributed by atoms with Gasteiger partial charge in [-0.3, -0.25) is 4.79 Å². The Morgan fingerprint density at radius 1 is 1.42 bits per heavy atom. The largest absolute Gasteiger partial charge is 0.375 e. The monoisotopic (exact) mass is 256 g/mol. The molecule has 2 unspecified atom stereocenters. The van der Waals surface area contributed by atoms with E-state index in [0.717, 1.165) is 31.2 Å². The number of ketones is 1. The predicted molar refractivity (Wildman–Crippen MR) is 68.6 cm³/mol. The molecule has 0 saturated carbocycles. The van der Waals surface area contributed by atoms with Crippen LogP contribution in [0.2, 0.25) is 0 Å². The summed E-state index contributed by atoms with van der Waals surface area (Å²) in [5.41, 5.74) is 1.79. The van der Waals surface area contributed by atoms with E-state index >= 15 is 0 Å². The van der Waals surface area contributed by atoms with Gasteiger partial charge in [-0.2, -0.15) is 5.26 Å². The van der Waals surface area contributed by atoms with Gasteiger partial charge >= 0.3 is 0 Å². The van der Waals surface area contributed by atoms with Crippen molar-refractivity contribution in [1.29, 1.82) is 5.26 Å². The summed E-state index contributed by atoms with van der Waals surface area (Å²) in [6, 6.07) is 3.81. The molecule has 4 heteroatoms. The van der Waals surface area contributed by atoms with E-state index < -0.39 is 0 Å². The molecule has 1 aromatic heterocycles. The first kappa shape index (κ1) is 12.3. The molecule has 3 heterocycles. The summed E-state index contributed by atoms with van der Waals surface area (Å²) in [6.07, 6.45) is 5.88. The zero-order valence-corrected chi connectivity index (χ0v) is 10.9. The first-order chi connectivity index (χ1) is 9.17. The maximum atomic E-state index is 12.5. The van der Waals surface area contributed by atoms with Crippen LogP contribution < -0.4 is 0 Å². The second-order valence-electron chi connectivity index (χ2n) is 5.49. The number of nitrogens with zero attached hydrogens (tertiary/aromatic N) is 2. The van der Waals surface area contributed by atoms with Crippen molar-refractivity contribution in [3.63, 3.8) is 0 Å². The Morgan fingerprint density at radius 2 is 2.11 bits per heavy atom. The van der Waals surface area contributed by atoms with Gasteiger partial charge in [0.25, 0.3) is 0 Å². The van der Waals surface area contributed by atoms with Crippen molar-refractivity contribution in [2.24, 2.45) is 5.92 Å². The average molecular weight is 256 g/mol. The number of aromatic nitrogens is 1. The molecule has 0 N–H and O–H groups in total. The number of carbonyl (C=O) groups is 1. The molecule has 2 aliphatic heterocycles. The third-order valence-electron chi connectivity index (χ3n) is 4.13. The lowest BCUT2D eigenvalue weighted by molar-refractivity contribution is -0.0149. The van der Waals surface area contributed by atoms with Gasteiger partial charge in [-0.25, -0.2) is 4.98 Å². The van der Waals surface area contributed by atoms with Gasteiger partial charge < -0.3 is 4.74 Å². The van der Waals surface area contributed by atoms with Gasteiger partial charge in [-0.1, -0.05) is 0 Å². The molecule has 2 saturated heterocycles. The molecule has 2 bridgehead atoms. The SMILES string of the molecule is Cc1cc(C(=O)C2CC3CCC(C2)O3)cnc1C#N. The number of aryl methyl sites for hydroxylation is 1. The molecular weight excluding hydrogens is 240 g/mol. The van der Waals surface area contributed by atoms with Gasteiger partial charge in [0.05, 0.1) is 12.2 Å². The predicted octanol–water partition coefficient (Wildman–Crippen LogP) is 2.40. The molecule has 0 aromatic carbocycles. The Morgan fingerprint density at radius 3 is 2.68 bits per heavy atom. The second-order valence-corrected chi connectivity index (χ2v) is 5.49. The number of carbonyl (C=O) groups excluding carboxylic acids is 1. The van der Waals surface area contributed by atoms with Crippen molar-refractivity contribution in [3.8, 4) is 6.07 Å². The molecule has 4 nitrogen and oxygen atoms in total. The summed E-state index contributed by atoms with van der Waals surface area (Å²) in [6.45, 7) is 1.82. The molecule has 0 radical (unpaired) electrons. The van der Waals surface area contributed by atoms with Gasteiger partial charge in [-0.15, -0.1) is 0 Å². The molecule has 0 aliphatic carbocycles. The zero-order valence-electron chi connectivity index (χ0n) is 10.9. The van der Waals surface area contributed by atoms with Crippen molar-refractivity contribution in [2.45, 2.75) is 44.8 Å². The van der Waals surface area contributed by atoms with Crippen LogP contribution in [0.3, 0.4) is 0 Å². The summed E-state index contributed by atoms with van der Waals surface area (Å²) < 4.78 is 5.76. The second kappa shape index (κ2) is 4.75. The quantitative estimate of drug-likeness (QED) is 0.762. The van der Waals surface area contributed by atoms with Crippen molar-refractivity contribution in [3.05, 3.63) is 29.1 Å². The number of rotatable bonds is 2. The third kappa shape index (κ3) is 2.26. The molecule has 2 atom stereocenters. The van der Waals surface area contributed by atoms with Crippen LogP contribution in [0, 0.1) is 24.2 Å². The number of ether oxygens (including phenoxy) is 1. The lowest BCUT2D eigenvalue weighted by atomic mass is 9.88. The fourth-order valence-corrected chi connectivity index (χ4v) is 3.13. The van der Waals surface area contributed by atoms with E-state index in [1.807, 2.05) is 13.0 Å². The summed E-state index contributed by atoms with van der Waals surface area (Å²) in [4.78, 5) is 16.5. The third-order valence-corrected chi connectivity index (χ3v) is 4.13. The van der Waals surface area contributed by atoms with Crippen molar-refractivity contribution >= 4 is 5.78 Å². The highest BCUT2D eigenvalue weighted by atomic mass is 16.5. The first-order valence-corrected chi connectivity index (χ1v) is 6.74. The van der Waals surface area contributed by atoms with Crippen molar-refractivity contribution in [2.75, 3.05) is 0 Å². The standard InChI is InChI=1S/C15H16N2O2/c1-9-4-11(8-17-14(9)7-16)15(18)10-5-12-2-3-13(6-10)19-12/h4,8,10,12-13H,2-3,5-6H2,1H3. The Balaban J connectivity index is 1.80. The van der Waals surface area contributed by atoms with Crippen LogP contribution in [0.1, 0.15) is 47.3 Å². The summed E-state index contributed by atoms with van der Waals surface area (Å²) in [7, 11) is 0. The highest BCUT2D eigenvalue weighted by Crippen LogP contribution is 2.37. The summed E-state index contributed by atoms with van der Waals surface area (Å²) in [5, 5.41) is 8.86. The highest BCUT2D eigenvalue weighted by Gasteiger charge is 2.38. The maximum absolute atomic E-state index is 12.5. The van der Waals surface area contributed by atoms with E-state index in [2.05, 4.69) is 4.98 Å². The minimum Gasteiger partial charge on any atom is -0.375 e. The fraction of sp³-hybridized carbons (Fsp3) is 0.533. The van der Waals surface area contributed by atoms with E-state index in [9.17, 15) is 4.79 Å². The Labute approximate surface area is 112 Å². The van der Waals surface area contributed by atoms with Gasteiger partial charge in [-0.05, 0) is 44.2 Å². The molecular formula is C15H16N2O2. The van der Waals surface area contributed by atoms with Crippen LogP contribution in [-0.2, 0) is 4.74 Å². The van der Waals surface area contributed by atoms with Crippen molar-refractivity contribution in [1.82, 2.24) is 4.98 Å². The van der Waals surface area contributed by atoms with E-state index in [-0.39, 0.29) is 23.9 Å². The molecule has 2 fully saturated rings. The number of nitriles is 1. The smallest absolute Gasteiger partial charge is 0.167 e. The molecule has 3 rings (SSSR count). The topological polar surface area (TPSA) is 63.0 Å². The van der Waals surface area contributed by atoms with Crippen LogP contribution >= 0.6 is 0 Å². The molecule has 98 valence electrons. The van der Waals surface area contributed by atoms with Gasteiger partial charge in [0.1, 0.15) is 11.8 Å². The minimum absolute atomic E-state index is 0.0559. The lowest BCUT2D eigenvalue weighted by Crippen LogP contribution is -2.30. The van der Waals surface area contributed by atoms with Crippen LogP contribution in [0.4, 0.5) is 0 Å². The number of pyridine rings is 1. The van der Waals surface area contributed by atoms with Gasteiger partial charge in [0.15, 0.2) is 5.78 Å². The maximum Gasteiger partial charge on any atom is 0.167 e. The molecule has 0 spiro atoms. The number of hydrogen-bond donors (Lipinski definition) is 0. The van der Waals surface area contributed by atoms with Crippen LogP contribution in [0.5, 0.6) is 0 Å². The van der Waals surface area contributed by atoms with Crippen LogP contribution in [0.25, 0.3) is 0 Å². The number of fused-ring (bicyclic) bond motifs is 2. The lowest BCUT2D eigenvalue weighted by Gasteiger charge is -2.27. The molecule has 1 aromatic rings. The molecule has 19 heavy (non-hydrogen) atoms. The minimum atomic E-state index is 0.0559. The van der Waals surface area contributed by atoms with Crippen LogP contribution in [-0.4, -0.2) is 23.0 Å². The highest BCUT2D eigenvalue weighted by molar-refractivity contribution is 5.98. The first-order valence-electron chi connectivity index (χ1n) is 6.74. The average Bonchev–Trinajstić information content (AvgIpc) is 2.76. The van der Waals surface area contributed by atoms with E-state index in [1.54, 1.807) is 6.07 Å².